The fourth-order valence-electron chi connectivity index (χ4n) is 12.8. The normalized spacial score (nSPS) is 19.3. The van der Waals surface area contributed by atoms with Crippen LogP contribution < -0.4 is 10.6 Å². The maximum absolute atomic E-state index is 13.6. The molecule has 4 aromatic heterocycles. The van der Waals surface area contributed by atoms with Gasteiger partial charge in [-0.25, -0.2) is 19.6 Å². The average Bonchev–Trinajstić information content (AvgIpc) is 3.80. The Labute approximate surface area is 427 Å². The van der Waals surface area contributed by atoms with Crippen LogP contribution in [0.2, 0.25) is 33.2 Å². The molecule has 15 heteroatoms. The standard InChI is InChI=1S/C27H45N3O3Si.C27H43N3O3Si.CH5P/c2*1-16(2)34(17(3)4,18(5)6)30-12-11-22-23(19(7)15-28-25(22)30)24(31)20-13-21(14-20)29-26(32)33-27(8,9)10;1-2/h11-12,15-18,20-21,24,31H,13-14H2,1-10H3,(H,29,32);11-12,15-18,20-21H,13-14H2,1-10H3,(H,29,32);2H2,1H3/i;;1D. The number of carbonyl (C=O) groups excluding carboxylic acids is 3. The molecular weight excluding hydrogens is 928 g/mol. The number of pyridine rings is 2. The summed E-state index contributed by atoms with van der Waals surface area (Å²) in [5, 5.41) is 19.3. The number of alkyl carbamates (subject to hydrolysis) is 2. The molecule has 2 aliphatic rings. The molecule has 0 aromatic carbocycles. The van der Waals surface area contributed by atoms with E-state index in [0.717, 1.165) is 57.2 Å². The van der Waals surface area contributed by atoms with Crippen molar-refractivity contribution in [3.8, 4) is 0 Å². The summed E-state index contributed by atoms with van der Waals surface area (Å²) >= 11 is 0. The molecule has 2 saturated carbocycles. The number of Topliss-reactive ketones (excluding diaryl/α,β-unsaturated/α-hetero) is 1. The molecule has 0 radical (unpaired) electrons. The lowest BCUT2D eigenvalue weighted by atomic mass is 9.74. The maximum atomic E-state index is 13.6. The van der Waals surface area contributed by atoms with E-state index in [0.29, 0.717) is 52.7 Å². The number of fused-ring (bicyclic) bond motifs is 2. The first-order valence-corrected chi connectivity index (χ1v) is 31.1. The Balaban J connectivity index is 0.000000292. The van der Waals surface area contributed by atoms with Gasteiger partial charge in [0, 0.05) is 48.1 Å². The van der Waals surface area contributed by atoms with Gasteiger partial charge in [0.25, 0.3) is 0 Å². The minimum absolute atomic E-state index is 0.0195. The summed E-state index contributed by atoms with van der Waals surface area (Å²) in [6.45, 7) is 43.7. The van der Waals surface area contributed by atoms with Crippen LogP contribution in [0.4, 0.5) is 9.59 Å². The van der Waals surface area contributed by atoms with Gasteiger partial charge in [-0.15, -0.1) is 9.24 Å². The van der Waals surface area contributed by atoms with Crippen molar-refractivity contribution < 1.29 is 30.3 Å². The number of hydrogen-bond donors (Lipinski definition) is 3. The molecule has 6 rings (SSSR count). The molecule has 2 fully saturated rings. The highest BCUT2D eigenvalue weighted by molar-refractivity contribution is 7.15. The molecule has 2 atom stereocenters. The number of hydrogen-bond acceptors (Lipinski definition) is 8. The molecule has 12 nitrogen and oxygen atoms in total. The van der Waals surface area contributed by atoms with Crippen LogP contribution in [0, 0.1) is 25.7 Å². The van der Waals surface area contributed by atoms with E-state index in [1.165, 1.54) is 0 Å². The molecule has 2 amide bonds. The van der Waals surface area contributed by atoms with Gasteiger partial charge in [-0.05, 0) is 161 Å². The third-order valence-corrected chi connectivity index (χ3v) is 28.8. The van der Waals surface area contributed by atoms with Gasteiger partial charge >= 0.3 is 12.2 Å². The van der Waals surface area contributed by atoms with Gasteiger partial charge in [-0.2, -0.15) is 0 Å². The first-order valence-electron chi connectivity index (χ1n) is 26.7. The van der Waals surface area contributed by atoms with Crippen molar-refractivity contribution in [2.75, 3.05) is 6.64 Å². The largest absolute Gasteiger partial charge is 0.444 e. The molecular formula is C55H93N6O6PSi2. The highest BCUT2D eigenvalue weighted by Crippen LogP contribution is 2.47. The lowest BCUT2D eigenvalue weighted by Gasteiger charge is -2.44. The van der Waals surface area contributed by atoms with Gasteiger partial charge in [0.05, 0.1) is 6.10 Å². The quantitative estimate of drug-likeness (QED) is 0.0642. The first kappa shape index (κ1) is 57.3. The van der Waals surface area contributed by atoms with Crippen LogP contribution in [-0.4, -0.2) is 87.9 Å². The monoisotopic (exact) mass is 1020 g/mol. The van der Waals surface area contributed by atoms with Gasteiger partial charge in [0.1, 0.15) is 22.5 Å². The summed E-state index contributed by atoms with van der Waals surface area (Å²) in [6.07, 6.45) is 9.60. The van der Waals surface area contributed by atoms with E-state index in [2.05, 4.69) is 136 Å². The van der Waals surface area contributed by atoms with Crippen LogP contribution in [0.15, 0.2) is 36.9 Å². The molecule has 2 aliphatic carbocycles. The van der Waals surface area contributed by atoms with E-state index >= 15 is 0 Å². The highest BCUT2D eigenvalue weighted by atomic mass is 31.0. The predicted molar refractivity (Wildman–Crippen MR) is 299 cm³/mol. The summed E-state index contributed by atoms with van der Waals surface area (Å²) in [4.78, 5) is 47.5. The Kier molecular flexibility index (Phi) is 18.9. The topological polar surface area (TPSA) is 150 Å². The van der Waals surface area contributed by atoms with E-state index in [1.807, 2.05) is 67.8 Å². The number of amides is 2. The smallest absolute Gasteiger partial charge is 0.407 e. The molecule has 0 saturated heterocycles. The van der Waals surface area contributed by atoms with E-state index in [4.69, 9.17) is 20.8 Å². The van der Waals surface area contributed by atoms with Crippen molar-refractivity contribution in [1.29, 1.82) is 0 Å². The molecule has 4 aromatic rings. The number of nitrogens with zero attached hydrogens (tertiary/aromatic N) is 4. The van der Waals surface area contributed by atoms with E-state index in [1.54, 1.807) is 0 Å². The number of nitrogens with one attached hydrogen (secondary N) is 2. The van der Waals surface area contributed by atoms with Crippen molar-refractivity contribution >= 4 is 65.7 Å². The Morgan fingerprint density at radius 3 is 1.41 bits per heavy atom. The fourth-order valence-corrected chi connectivity index (χ4v) is 25.9. The minimum Gasteiger partial charge on any atom is -0.444 e. The second kappa shape index (κ2) is 23.1. The van der Waals surface area contributed by atoms with Crippen LogP contribution in [-0.2, 0) is 9.47 Å². The number of ketones is 1. The van der Waals surface area contributed by atoms with Crippen molar-refractivity contribution in [3.05, 3.63) is 59.2 Å². The summed E-state index contributed by atoms with van der Waals surface area (Å²) < 4.78 is 21.9. The van der Waals surface area contributed by atoms with Gasteiger partial charge in [-0.3, -0.25) is 4.79 Å². The SMILES string of the molecule is Cc1cnc2c(ccn2[Si](C(C)C)(C(C)C)C(C)C)c1C(=O)C1CC(NC(=O)OC(C)(C)C)C1.Cc1cnc2c(ccn2[Si](C(C)C)(C(C)C)C(C)C)c1C(O)C1CC(NC(=O)OC(C)(C)C)C1.[2H]CP. The summed E-state index contributed by atoms with van der Waals surface area (Å²) in [5.74, 6) is 0.181. The number of aryl methyl sites for hydroxylation is 2. The number of carbonyl (C=O) groups is 3. The molecule has 2 unspecified atom stereocenters. The highest BCUT2D eigenvalue weighted by Gasteiger charge is 2.48. The number of ether oxygens (including phenoxy) is 2. The van der Waals surface area contributed by atoms with Gasteiger partial charge in [-0.1, -0.05) is 89.7 Å². The third-order valence-electron chi connectivity index (χ3n) is 15.4. The third kappa shape index (κ3) is 12.1. The second-order valence-corrected chi connectivity index (χ2v) is 35.6. The summed E-state index contributed by atoms with van der Waals surface area (Å²) in [6, 6.07) is 4.29. The molecule has 0 aliphatic heterocycles. The number of aliphatic hydroxyl groups is 1. The average molecular weight is 1020 g/mol. The van der Waals surface area contributed by atoms with Crippen molar-refractivity contribution in [2.24, 2.45) is 11.8 Å². The molecule has 3 N–H and O–H groups in total. The second-order valence-electron chi connectivity index (χ2n) is 24.1. The molecule has 4 heterocycles. The zero-order valence-electron chi connectivity index (χ0n) is 47.7. The lowest BCUT2D eigenvalue weighted by molar-refractivity contribution is 0.0232. The molecule has 0 spiro atoms. The van der Waals surface area contributed by atoms with E-state index in [9.17, 15) is 19.5 Å². The summed E-state index contributed by atoms with van der Waals surface area (Å²) in [7, 11) is -1.69. The van der Waals surface area contributed by atoms with Crippen molar-refractivity contribution in [1.82, 2.24) is 29.1 Å². The first-order chi connectivity index (χ1) is 32.8. The van der Waals surface area contributed by atoms with Crippen molar-refractivity contribution in [3.63, 3.8) is 0 Å². The number of aliphatic hydroxyl groups excluding tert-OH is 1. The zero-order chi connectivity index (χ0) is 53.9. The number of rotatable bonds is 14. The van der Waals surface area contributed by atoms with Gasteiger partial charge < -0.3 is 33.7 Å². The van der Waals surface area contributed by atoms with Crippen molar-refractivity contribution in [2.45, 2.75) is 227 Å². The van der Waals surface area contributed by atoms with Crippen LogP contribution in [0.3, 0.4) is 0 Å². The lowest BCUT2D eigenvalue weighted by Crippen LogP contribution is -2.51. The van der Waals surface area contributed by atoms with Gasteiger partial charge in [0.2, 0.25) is 0 Å². The van der Waals surface area contributed by atoms with Gasteiger partial charge in [0.15, 0.2) is 22.3 Å². The number of aromatic nitrogens is 4. The van der Waals surface area contributed by atoms with Crippen LogP contribution in [0.1, 0.15) is 185 Å². The fraction of sp³-hybridized carbons (Fsp3) is 0.691. The maximum Gasteiger partial charge on any atom is 0.407 e. The Morgan fingerprint density at radius 2 is 1.03 bits per heavy atom. The van der Waals surface area contributed by atoms with E-state index < -0.39 is 39.9 Å². The van der Waals surface area contributed by atoms with Crippen LogP contribution in [0.25, 0.3) is 22.1 Å². The van der Waals surface area contributed by atoms with Crippen LogP contribution >= 0.6 is 9.24 Å². The van der Waals surface area contributed by atoms with Crippen LogP contribution in [0.5, 0.6) is 0 Å². The molecule has 70 heavy (non-hydrogen) atoms. The summed E-state index contributed by atoms with van der Waals surface area (Å²) in [5.41, 5.74) is 7.93. The Hall–Kier alpha value is -3.59. The van der Waals surface area contributed by atoms with E-state index in [-0.39, 0.29) is 35.8 Å². The predicted octanol–water partition coefficient (Wildman–Crippen LogP) is 14.1. The Morgan fingerprint density at radius 1 is 0.671 bits per heavy atom. The minimum atomic E-state index is -1.98. The molecule has 0 bridgehead atoms. The molecule has 392 valence electrons. The Bertz CT molecular complexity index is 2400. The zero-order valence-corrected chi connectivity index (χ0v) is 49.9.